The average Bonchev–Trinajstić information content (AvgIpc) is 2.55. The van der Waals surface area contributed by atoms with E-state index in [0.29, 0.717) is 5.39 Å². The first-order chi connectivity index (χ1) is 11.1. The zero-order valence-corrected chi connectivity index (χ0v) is 13.4. The van der Waals surface area contributed by atoms with Gasteiger partial charge in [-0.05, 0) is 11.5 Å². The molecule has 0 spiro atoms. The van der Waals surface area contributed by atoms with Crippen molar-refractivity contribution in [3.8, 4) is 11.5 Å². The fraction of sp³-hybridized carbons (Fsp3) is 0. The molecule has 24 heavy (non-hydrogen) atoms. The number of nitro benzene ring substituents is 1. The van der Waals surface area contributed by atoms with Crippen molar-refractivity contribution in [2.24, 2.45) is 10.2 Å². The van der Waals surface area contributed by atoms with E-state index in [-0.39, 0.29) is 40.2 Å². The summed E-state index contributed by atoms with van der Waals surface area (Å²) in [7, 11) is 0. The van der Waals surface area contributed by atoms with Crippen LogP contribution in [0.3, 0.4) is 0 Å². The van der Waals surface area contributed by atoms with E-state index >= 15 is 0 Å². The van der Waals surface area contributed by atoms with Crippen molar-refractivity contribution in [2.45, 2.75) is 0 Å². The smallest absolute Gasteiger partial charge is 0.871 e. The van der Waals surface area contributed by atoms with Crippen molar-refractivity contribution in [2.75, 3.05) is 0 Å². The number of benzene rings is 3. The van der Waals surface area contributed by atoms with Gasteiger partial charge in [0, 0.05) is 17.5 Å². The zero-order chi connectivity index (χ0) is 16.4. The van der Waals surface area contributed by atoms with Gasteiger partial charge in [-0.15, -0.1) is 0 Å². The average molecular weight is 359 g/mol. The van der Waals surface area contributed by atoms with Gasteiger partial charge in [0.15, 0.2) is 0 Å². The summed E-state index contributed by atoms with van der Waals surface area (Å²) in [5.74, 6) is -0.947. The Kier molecular flexibility index (Phi) is 5.14. The third-order valence-electron chi connectivity index (χ3n) is 3.28. The van der Waals surface area contributed by atoms with Gasteiger partial charge in [-0.1, -0.05) is 47.9 Å². The maximum Gasteiger partial charge on any atom is 2.00 e. The third kappa shape index (κ3) is 3.35. The van der Waals surface area contributed by atoms with E-state index in [1.165, 1.54) is 12.1 Å². The number of hydrogen-bond acceptors (Lipinski definition) is 6. The molecule has 0 bridgehead atoms. The number of hydrogen-bond donors (Lipinski definition) is 0. The minimum Gasteiger partial charge on any atom is -0.871 e. The Morgan fingerprint density at radius 2 is 1.62 bits per heavy atom. The Hall–Kier alpha value is -2.95. The van der Waals surface area contributed by atoms with Crippen molar-refractivity contribution in [1.82, 2.24) is 0 Å². The normalized spacial score (nSPS) is 10.7. The molecule has 0 radical (unpaired) electrons. The van der Waals surface area contributed by atoms with Gasteiger partial charge in [0.05, 0.1) is 16.3 Å². The van der Waals surface area contributed by atoms with Crippen LogP contribution in [-0.2, 0) is 17.4 Å². The quantitative estimate of drug-likeness (QED) is 0.405. The number of azo groups is 1. The minimum absolute atomic E-state index is 0. The SMILES string of the molecule is O=[N+]([O-])c1ccc(N=Nc2c([O-])ccc3ccccc23)c([O-])c1.[Cr+2]. The standard InChI is InChI=1S/C16H11N3O4.Cr/c20-14-8-5-10-3-1-2-4-12(10)16(14)18-17-13-7-6-11(19(22)23)9-15(13)21;/h1-9,20-21H;/q;+2/p-2. The topological polar surface area (TPSA) is 114 Å². The number of non-ortho nitro benzene ring substituents is 1. The van der Waals surface area contributed by atoms with Crippen LogP contribution in [0.25, 0.3) is 10.8 Å². The molecule has 0 amide bonds. The largest absolute Gasteiger partial charge is 2.00 e. The summed E-state index contributed by atoms with van der Waals surface area (Å²) < 4.78 is 0. The first kappa shape index (κ1) is 17.4. The molecule has 0 aromatic heterocycles. The molecule has 0 aliphatic carbocycles. The van der Waals surface area contributed by atoms with E-state index in [1.54, 1.807) is 18.2 Å². The fourth-order valence-electron chi connectivity index (χ4n) is 2.14. The van der Waals surface area contributed by atoms with E-state index in [9.17, 15) is 20.3 Å². The molecule has 0 aliphatic rings. The molecule has 7 nitrogen and oxygen atoms in total. The number of fused-ring (bicyclic) bond motifs is 1. The van der Waals surface area contributed by atoms with Crippen LogP contribution < -0.4 is 10.2 Å². The molecular weight excluding hydrogens is 350 g/mol. The molecule has 3 rings (SSSR count). The van der Waals surface area contributed by atoms with Crippen LogP contribution in [0.5, 0.6) is 11.5 Å². The molecular formula is C16H9CrN3O4. The Morgan fingerprint density at radius 3 is 2.33 bits per heavy atom. The maximum absolute atomic E-state index is 12.0. The Morgan fingerprint density at radius 1 is 0.875 bits per heavy atom. The molecule has 3 aromatic rings. The molecule has 0 atom stereocenters. The summed E-state index contributed by atoms with van der Waals surface area (Å²) in [5, 5.41) is 43.5. The van der Waals surface area contributed by atoms with Crippen LogP contribution in [0, 0.1) is 10.1 Å². The van der Waals surface area contributed by atoms with E-state index in [4.69, 9.17) is 0 Å². The van der Waals surface area contributed by atoms with Crippen LogP contribution in [0.15, 0.2) is 64.8 Å². The van der Waals surface area contributed by atoms with Gasteiger partial charge in [-0.25, -0.2) is 0 Å². The molecule has 0 N–H and O–H groups in total. The van der Waals surface area contributed by atoms with Crippen molar-refractivity contribution in [3.05, 3.63) is 64.7 Å². The van der Waals surface area contributed by atoms with Crippen molar-refractivity contribution in [1.29, 1.82) is 0 Å². The van der Waals surface area contributed by atoms with Gasteiger partial charge in [0.25, 0.3) is 5.69 Å². The minimum atomic E-state index is -0.664. The van der Waals surface area contributed by atoms with Crippen LogP contribution in [-0.4, -0.2) is 4.92 Å². The van der Waals surface area contributed by atoms with Crippen LogP contribution in [0.2, 0.25) is 0 Å². The number of rotatable bonds is 3. The molecule has 0 fully saturated rings. The predicted octanol–water partition coefficient (Wildman–Crippen LogP) is 3.31. The van der Waals surface area contributed by atoms with Crippen molar-refractivity contribution in [3.63, 3.8) is 0 Å². The van der Waals surface area contributed by atoms with Crippen molar-refractivity contribution < 1.29 is 32.5 Å². The van der Waals surface area contributed by atoms with Crippen LogP contribution >= 0.6 is 0 Å². The molecule has 0 saturated heterocycles. The summed E-state index contributed by atoms with van der Waals surface area (Å²) in [4.78, 5) is 9.94. The summed E-state index contributed by atoms with van der Waals surface area (Å²) in [6, 6.07) is 13.5. The zero-order valence-electron chi connectivity index (χ0n) is 12.1. The van der Waals surface area contributed by atoms with E-state index < -0.39 is 10.7 Å². The van der Waals surface area contributed by atoms with Gasteiger partial charge >= 0.3 is 17.4 Å². The van der Waals surface area contributed by atoms with E-state index in [2.05, 4.69) is 10.2 Å². The summed E-state index contributed by atoms with van der Waals surface area (Å²) in [6.45, 7) is 0. The number of nitro groups is 1. The Balaban J connectivity index is 0.00000208. The van der Waals surface area contributed by atoms with E-state index in [0.717, 1.165) is 17.5 Å². The van der Waals surface area contributed by atoms with Gasteiger partial charge in [0.2, 0.25) is 0 Å². The molecule has 118 valence electrons. The summed E-state index contributed by atoms with van der Waals surface area (Å²) in [5.41, 5.74) is -0.257. The third-order valence-corrected chi connectivity index (χ3v) is 3.28. The first-order valence-electron chi connectivity index (χ1n) is 6.62. The van der Waals surface area contributed by atoms with Gasteiger partial charge in [-0.2, -0.15) is 10.2 Å². The maximum atomic E-state index is 12.0. The monoisotopic (exact) mass is 359 g/mol. The second-order valence-electron chi connectivity index (χ2n) is 4.74. The molecule has 0 aliphatic heterocycles. The molecule has 0 heterocycles. The van der Waals surface area contributed by atoms with Gasteiger partial charge in [-0.3, -0.25) is 10.1 Å². The van der Waals surface area contributed by atoms with Crippen LogP contribution in [0.1, 0.15) is 0 Å². The fourth-order valence-corrected chi connectivity index (χ4v) is 2.14. The molecule has 0 unspecified atom stereocenters. The number of nitrogens with zero attached hydrogens (tertiary/aromatic N) is 3. The molecule has 8 heteroatoms. The van der Waals surface area contributed by atoms with Crippen LogP contribution in [0.4, 0.5) is 17.1 Å². The molecule has 3 aromatic carbocycles. The predicted molar refractivity (Wildman–Crippen MR) is 80.1 cm³/mol. The second kappa shape index (κ2) is 7.09. The first-order valence-corrected chi connectivity index (χ1v) is 6.62. The molecule has 0 saturated carbocycles. The second-order valence-corrected chi connectivity index (χ2v) is 4.74. The summed E-state index contributed by atoms with van der Waals surface area (Å²) in [6.07, 6.45) is 0. The van der Waals surface area contributed by atoms with Gasteiger partial charge in [0.1, 0.15) is 0 Å². The Bertz CT molecular complexity index is 944. The van der Waals surface area contributed by atoms with Gasteiger partial charge < -0.3 is 10.2 Å². The van der Waals surface area contributed by atoms with Crippen molar-refractivity contribution >= 4 is 27.8 Å². The summed E-state index contributed by atoms with van der Waals surface area (Å²) >= 11 is 0. The van der Waals surface area contributed by atoms with E-state index in [1.807, 2.05) is 12.1 Å². The Labute approximate surface area is 147 Å².